The molecule has 3 rings (SSSR count). The highest BCUT2D eigenvalue weighted by Gasteiger charge is 2.25. The molecule has 0 unspecified atom stereocenters. The standard InChI is InChI=1S/C18H31N5O3/c1-3-23-17-6-10-26-13-15(17)16(21-23)12-22-8-4-14(5-9-22)20-18(24)19-7-11-25-2/h14H,3-13H2,1-2H3,(H2,19,20,24). The van der Waals surface area contributed by atoms with E-state index in [9.17, 15) is 4.79 Å². The van der Waals surface area contributed by atoms with Crippen molar-refractivity contribution in [2.75, 3.05) is 40.0 Å². The molecule has 2 aliphatic rings. The summed E-state index contributed by atoms with van der Waals surface area (Å²) in [5.41, 5.74) is 3.79. The summed E-state index contributed by atoms with van der Waals surface area (Å²) in [4.78, 5) is 14.3. The van der Waals surface area contributed by atoms with Crippen molar-refractivity contribution in [2.45, 2.75) is 51.9 Å². The second-order valence-electron chi connectivity index (χ2n) is 6.93. The largest absolute Gasteiger partial charge is 0.383 e. The Morgan fingerprint density at radius 3 is 2.92 bits per heavy atom. The molecule has 0 aliphatic carbocycles. The van der Waals surface area contributed by atoms with Crippen LogP contribution < -0.4 is 10.6 Å². The number of piperidine rings is 1. The summed E-state index contributed by atoms with van der Waals surface area (Å²) >= 11 is 0. The highest BCUT2D eigenvalue weighted by molar-refractivity contribution is 5.74. The number of carbonyl (C=O) groups excluding carboxylic acids is 1. The van der Waals surface area contributed by atoms with Gasteiger partial charge in [0.05, 0.1) is 25.5 Å². The zero-order valence-corrected chi connectivity index (χ0v) is 15.9. The predicted octanol–water partition coefficient (Wildman–Crippen LogP) is 0.886. The van der Waals surface area contributed by atoms with E-state index in [2.05, 4.69) is 27.1 Å². The van der Waals surface area contributed by atoms with Gasteiger partial charge < -0.3 is 20.1 Å². The lowest BCUT2D eigenvalue weighted by Gasteiger charge is -2.32. The molecule has 3 heterocycles. The summed E-state index contributed by atoms with van der Waals surface area (Å²) in [5.74, 6) is 0. The molecule has 2 aliphatic heterocycles. The maximum Gasteiger partial charge on any atom is 0.315 e. The molecule has 8 heteroatoms. The van der Waals surface area contributed by atoms with E-state index in [0.29, 0.717) is 19.8 Å². The molecule has 0 aromatic carbocycles. The fraction of sp³-hybridized carbons (Fsp3) is 0.778. The van der Waals surface area contributed by atoms with Gasteiger partial charge in [-0.25, -0.2) is 4.79 Å². The number of hydrogen-bond donors (Lipinski definition) is 2. The number of hydrogen-bond acceptors (Lipinski definition) is 5. The van der Waals surface area contributed by atoms with Crippen LogP contribution in [0.4, 0.5) is 4.79 Å². The lowest BCUT2D eigenvalue weighted by atomic mass is 10.0. The highest BCUT2D eigenvalue weighted by Crippen LogP contribution is 2.23. The number of urea groups is 1. The third-order valence-corrected chi connectivity index (χ3v) is 5.17. The van der Waals surface area contributed by atoms with Gasteiger partial charge in [0.15, 0.2) is 0 Å². The number of aryl methyl sites for hydroxylation is 1. The molecule has 1 aromatic rings. The Balaban J connectivity index is 1.47. The first-order valence-corrected chi connectivity index (χ1v) is 9.62. The molecule has 1 fully saturated rings. The number of aromatic nitrogens is 2. The Kier molecular flexibility index (Phi) is 6.87. The number of carbonyl (C=O) groups is 1. The van der Waals surface area contributed by atoms with Crippen molar-refractivity contribution < 1.29 is 14.3 Å². The molecule has 0 radical (unpaired) electrons. The number of nitrogens with zero attached hydrogens (tertiary/aromatic N) is 3. The average Bonchev–Trinajstić information content (AvgIpc) is 3.01. The minimum atomic E-state index is -0.103. The molecular formula is C18H31N5O3. The number of likely N-dealkylation sites (tertiary alicyclic amines) is 1. The quantitative estimate of drug-likeness (QED) is 0.702. The molecule has 26 heavy (non-hydrogen) atoms. The van der Waals surface area contributed by atoms with Gasteiger partial charge in [-0.2, -0.15) is 5.10 Å². The Bertz CT molecular complexity index is 596. The third kappa shape index (κ3) is 4.75. The lowest BCUT2D eigenvalue weighted by Crippen LogP contribution is -2.48. The van der Waals surface area contributed by atoms with Crippen LogP contribution in [-0.2, 0) is 35.6 Å². The van der Waals surface area contributed by atoms with Gasteiger partial charge in [0.1, 0.15) is 0 Å². The topological polar surface area (TPSA) is 80.7 Å². The normalized spacial score (nSPS) is 18.5. The van der Waals surface area contributed by atoms with Crippen LogP contribution in [0, 0.1) is 0 Å². The van der Waals surface area contributed by atoms with Crippen molar-refractivity contribution >= 4 is 6.03 Å². The zero-order chi connectivity index (χ0) is 18.4. The maximum absolute atomic E-state index is 11.8. The van der Waals surface area contributed by atoms with Gasteiger partial charge in [0, 0.05) is 63.6 Å². The van der Waals surface area contributed by atoms with E-state index in [4.69, 9.17) is 14.6 Å². The van der Waals surface area contributed by atoms with Gasteiger partial charge >= 0.3 is 6.03 Å². The second kappa shape index (κ2) is 9.34. The van der Waals surface area contributed by atoms with Gasteiger partial charge in [0.25, 0.3) is 0 Å². The number of amides is 2. The molecule has 0 bridgehead atoms. The second-order valence-corrected chi connectivity index (χ2v) is 6.93. The lowest BCUT2D eigenvalue weighted by molar-refractivity contribution is 0.107. The molecule has 1 aromatic heterocycles. The Hall–Kier alpha value is -1.64. The van der Waals surface area contributed by atoms with Crippen LogP contribution in [0.15, 0.2) is 0 Å². The summed E-state index contributed by atoms with van der Waals surface area (Å²) in [6.45, 7) is 8.40. The minimum absolute atomic E-state index is 0.103. The van der Waals surface area contributed by atoms with E-state index < -0.39 is 0 Å². The van der Waals surface area contributed by atoms with E-state index in [1.54, 1.807) is 7.11 Å². The van der Waals surface area contributed by atoms with E-state index in [1.165, 1.54) is 11.3 Å². The fourth-order valence-corrected chi connectivity index (χ4v) is 3.72. The highest BCUT2D eigenvalue weighted by atomic mass is 16.5. The van der Waals surface area contributed by atoms with E-state index in [0.717, 1.165) is 57.7 Å². The van der Waals surface area contributed by atoms with Gasteiger partial charge in [0.2, 0.25) is 0 Å². The van der Waals surface area contributed by atoms with Crippen molar-refractivity contribution in [2.24, 2.45) is 0 Å². The monoisotopic (exact) mass is 365 g/mol. The van der Waals surface area contributed by atoms with E-state index in [1.807, 2.05) is 0 Å². The average molecular weight is 365 g/mol. The van der Waals surface area contributed by atoms with Crippen LogP contribution in [0.2, 0.25) is 0 Å². The number of fused-ring (bicyclic) bond motifs is 1. The Morgan fingerprint density at radius 2 is 2.19 bits per heavy atom. The van der Waals surface area contributed by atoms with Crippen molar-refractivity contribution in [3.63, 3.8) is 0 Å². The van der Waals surface area contributed by atoms with Gasteiger partial charge in [-0.05, 0) is 19.8 Å². The van der Waals surface area contributed by atoms with Crippen LogP contribution in [0.25, 0.3) is 0 Å². The Labute approximate surface area is 155 Å². The van der Waals surface area contributed by atoms with Crippen LogP contribution in [0.5, 0.6) is 0 Å². The van der Waals surface area contributed by atoms with Gasteiger partial charge in [-0.3, -0.25) is 9.58 Å². The maximum atomic E-state index is 11.8. The smallest absolute Gasteiger partial charge is 0.315 e. The Morgan fingerprint density at radius 1 is 1.38 bits per heavy atom. The van der Waals surface area contributed by atoms with Crippen molar-refractivity contribution in [1.82, 2.24) is 25.3 Å². The molecule has 0 spiro atoms. The summed E-state index contributed by atoms with van der Waals surface area (Å²) in [7, 11) is 1.63. The number of rotatable bonds is 7. The molecule has 2 amide bonds. The summed E-state index contributed by atoms with van der Waals surface area (Å²) in [6.07, 6.45) is 2.89. The van der Waals surface area contributed by atoms with E-state index >= 15 is 0 Å². The van der Waals surface area contributed by atoms with Crippen molar-refractivity contribution in [1.29, 1.82) is 0 Å². The molecule has 146 valence electrons. The van der Waals surface area contributed by atoms with Gasteiger partial charge in [-0.15, -0.1) is 0 Å². The first-order valence-electron chi connectivity index (χ1n) is 9.62. The van der Waals surface area contributed by atoms with Crippen LogP contribution >= 0.6 is 0 Å². The third-order valence-electron chi connectivity index (χ3n) is 5.17. The molecule has 0 atom stereocenters. The van der Waals surface area contributed by atoms with Crippen LogP contribution in [0.1, 0.15) is 36.7 Å². The summed E-state index contributed by atoms with van der Waals surface area (Å²) in [5, 5.41) is 10.7. The number of methoxy groups -OCH3 is 1. The van der Waals surface area contributed by atoms with Crippen molar-refractivity contribution in [3.05, 3.63) is 17.0 Å². The fourth-order valence-electron chi connectivity index (χ4n) is 3.72. The molecule has 8 nitrogen and oxygen atoms in total. The van der Waals surface area contributed by atoms with Crippen LogP contribution in [0.3, 0.4) is 0 Å². The molecule has 1 saturated heterocycles. The number of nitrogens with one attached hydrogen (secondary N) is 2. The minimum Gasteiger partial charge on any atom is -0.383 e. The molecule has 2 N–H and O–H groups in total. The summed E-state index contributed by atoms with van der Waals surface area (Å²) in [6, 6.07) is 0.132. The molecule has 0 saturated carbocycles. The van der Waals surface area contributed by atoms with Crippen LogP contribution in [-0.4, -0.2) is 66.7 Å². The number of ether oxygens (including phenoxy) is 2. The molecular weight excluding hydrogens is 334 g/mol. The zero-order valence-electron chi connectivity index (χ0n) is 15.9. The predicted molar refractivity (Wildman–Crippen MR) is 98.0 cm³/mol. The van der Waals surface area contributed by atoms with E-state index in [-0.39, 0.29) is 12.1 Å². The van der Waals surface area contributed by atoms with Crippen molar-refractivity contribution in [3.8, 4) is 0 Å². The first-order chi connectivity index (χ1) is 12.7. The first kappa shape index (κ1) is 19.1. The SMILES string of the molecule is CCn1nc(CN2CCC(NC(=O)NCCOC)CC2)c2c1CCOC2. The summed E-state index contributed by atoms with van der Waals surface area (Å²) < 4.78 is 12.7. The van der Waals surface area contributed by atoms with Gasteiger partial charge in [-0.1, -0.05) is 0 Å².